The van der Waals surface area contributed by atoms with Crippen LogP contribution in [-0.4, -0.2) is 15.2 Å². The van der Waals surface area contributed by atoms with E-state index >= 15 is 0 Å². The van der Waals surface area contributed by atoms with Crippen LogP contribution in [-0.2, 0) is 0 Å². The maximum Gasteiger partial charge on any atom is 0.226 e. The van der Waals surface area contributed by atoms with Crippen LogP contribution < -0.4 is 0 Å². The van der Waals surface area contributed by atoms with Gasteiger partial charge in [0.15, 0.2) is 11.5 Å². The molecular weight excluding hydrogens is 254 g/mol. The van der Waals surface area contributed by atoms with Gasteiger partial charge in [-0.1, -0.05) is 18.2 Å². The molecule has 0 amide bonds. The van der Waals surface area contributed by atoms with E-state index in [9.17, 15) is 10.2 Å². The van der Waals surface area contributed by atoms with Crippen LogP contribution in [0.1, 0.15) is 5.76 Å². The Morgan fingerprint density at radius 1 is 0.900 bits per heavy atom. The first kappa shape index (κ1) is 12.3. The second-order valence-electron chi connectivity index (χ2n) is 4.49. The molecule has 0 aliphatic rings. The summed E-state index contributed by atoms with van der Waals surface area (Å²) in [6.45, 7) is 1.82. The van der Waals surface area contributed by atoms with Gasteiger partial charge >= 0.3 is 0 Å². The monoisotopic (exact) mass is 267 g/mol. The number of phenols is 2. The summed E-state index contributed by atoms with van der Waals surface area (Å²) >= 11 is 0. The lowest BCUT2D eigenvalue weighted by Crippen LogP contribution is -1.81. The highest BCUT2D eigenvalue weighted by Gasteiger charge is 2.14. The van der Waals surface area contributed by atoms with Gasteiger partial charge in [-0.3, -0.25) is 0 Å². The van der Waals surface area contributed by atoms with E-state index in [4.69, 9.17) is 4.42 Å². The Labute approximate surface area is 116 Å². The van der Waals surface area contributed by atoms with Gasteiger partial charge in [0.2, 0.25) is 5.89 Å². The SMILES string of the molecule is Cc1oc(-c2ccccc2)nc1-c1ccc(O)c(O)c1. The van der Waals surface area contributed by atoms with Crippen molar-refractivity contribution in [2.45, 2.75) is 6.92 Å². The van der Waals surface area contributed by atoms with E-state index in [1.54, 1.807) is 6.07 Å². The van der Waals surface area contributed by atoms with Gasteiger partial charge < -0.3 is 14.6 Å². The van der Waals surface area contributed by atoms with E-state index in [-0.39, 0.29) is 11.5 Å². The highest BCUT2D eigenvalue weighted by molar-refractivity contribution is 5.68. The van der Waals surface area contributed by atoms with Crippen molar-refractivity contribution < 1.29 is 14.6 Å². The Kier molecular flexibility index (Phi) is 2.91. The molecule has 1 aromatic heterocycles. The fraction of sp³-hybridized carbons (Fsp3) is 0.0625. The summed E-state index contributed by atoms with van der Waals surface area (Å²) in [6, 6.07) is 14.2. The minimum absolute atomic E-state index is 0.154. The molecule has 0 spiro atoms. The maximum atomic E-state index is 9.57. The van der Waals surface area contributed by atoms with Crippen LogP contribution in [0.25, 0.3) is 22.7 Å². The van der Waals surface area contributed by atoms with Gasteiger partial charge in [-0.05, 0) is 37.3 Å². The summed E-state index contributed by atoms with van der Waals surface area (Å²) in [5, 5.41) is 18.9. The average Bonchev–Trinajstić information content (AvgIpc) is 2.85. The molecule has 0 fully saturated rings. The Bertz CT molecular complexity index is 748. The van der Waals surface area contributed by atoms with E-state index in [0.29, 0.717) is 22.9 Å². The number of oxazole rings is 1. The summed E-state index contributed by atoms with van der Waals surface area (Å²) in [5.41, 5.74) is 2.24. The quantitative estimate of drug-likeness (QED) is 0.694. The second-order valence-corrected chi connectivity index (χ2v) is 4.49. The molecule has 100 valence electrons. The van der Waals surface area contributed by atoms with Crippen LogP contribution >= 0.6 is 0 Å². The summed E-state index contributed by atoms with van der Waals surface area (Å²) < 4.78 is 5.67. The maximum absolute atomic E-state index is 9.57. The summed E-state index contributed by atoms with van der Waals surface area (Å²) in [6.07, 6.45) is 0. The van der Waals surface area contributed by atoms with Crippen molar-refractivity contribution in [2.24, 2.45) is 0 Å². The lowest BCUT2D eigenvalue weighted by molar-refractivity contribution is 0.404. The lowest BCUT2D eigenvalue weighted by atomic mass is 10.1. The normalized spacial score (nSPS) is 10.7. The molecule has 0 atom stereocenters. The fourth-order valence-corrected chi connectivity index (χ4v) is 2.04. The highest BCUT2D eigenvalue weighted by Crippen LogP contribution is 2.33. The predicted octanol–water partition coefficient (Wildman–Crippen LogP) is 3.73. The zero-order valence-electron chi connectivity index (χ0n) is 10.9. The topological polar surface area (TPSA) is 66.5 Å². The van der Waals surface area contributed by atoms with Gasteiger partial charge in [-0.15, -0.1) is 0 Å². The van der Waals surface area contributed by atoms with Crippen LogP contribution in [0.2, 0.25) is 0 Å². The van der Waals surface area contributed by atoms with Crippen molar-refractivity contribution in [2.75, 3.05) is 0 Å². The van der Waals surface area contributed by atoms with Crippen molar-refractivity contribution in [3.05, 3.63) is 54.3 Å². The number of nitrogens with zero attached hydrogens (tertiary/aromatic N) is 1. The molecule has 2 aromatic carbocycles. The van der Waals surface area contributed by atoms with Crippen molar-refractivity contribution >= 4 is 0 Å². The van der Waals surface area contributed by atoms with E-state index < -0.39 is 0 Å². The van der Waals surface area contributed by atoms with Gasteiger partial charge in [0, 0.05) is 11.1 Å². The molecule has 3 aromatic rings. The molecule has 0 unspecified atom stereocenters. The molecule has 4 nitrogen and oxygen atoms in total. The van der Waals surface area contributed by atoms with Crippen LogP contribution in [0.5, 0.6) is 11.5 Å². The molecule has 0 bridgehead atoms. The molecule has 1 heterocycles. The van der Waals surface area contributed by atoms with Crippen LogP contribution in [0, 0.1) is 6.92 Å². The third-order valence-electron chi connectivity index (χ3n) is 3.07. The average molecular weight is 267 g/mol. The van der Waals surface area contributed by atoms with Crippen molar-refractivity contribution in [1.82, 2.24) is 4.98 Å². The minimum Gasteiger partial charge on any atom is -0.504 e. The Morgan fingerprint density at radius 3 is 2.35 bits per heavy atom. The number of hydrogen-bond acceptors (Lipinski definition) is 4. The Balaban J connectivity index is 2.07. The van der Waals surface area contributed by atoms with Crippen molar-refractivity contribution in [3.63, 3.8) is 0 Å². The lowest BCUT2D eigenvalue weighted by Gasteiger charge is -2.00. The first-order chi connectivity index (χ1) is 9.65. The number of aromatic nitrogens is 1. The number of phenolic OH excluding ortho intramolecular Hbond substituents is 2. The van der Waals surface area contributed by atoms with E-state index in [1.807, 2.05) is 37.3 Å². The summed E-state index contributed by atoms with van der Waals surface area (Å²) in [7, 11) is 0. The number of aryl methyl sites for hydroxylation is 1. The largest absolute Gasteiger partial charge is 0.504 e. The number of benzene rings is 2. The summed E-state index contributed by atoms with van der Waals surface area (Å²) in [4.78, 5) is 4.46. The summed E-state index contributed by atoms with van der Waals surface area (Å²) in [5.74, 6) is 0.865. The molecule has 0 radical (unpaired) electrons. The standard InChI is InChI=1S/C16H13NO3/c1-10-15(12-7-8-13(18)14(19)9-12)17-16(20-10)11-5-3-2-4-6-11/h2-9,18-19H,1H3. The van der Waals surface area contributed by atoms with Crippen molar-refractivity contribution in [1.29, 1.82) is 0 Å². The molecule has 2 N–H and O–H groups in total. The minimum atomic E-state index is -0.175. The molecule has 0 aliphatic carbocycles. The van der Waals surface area contributed by atoms with Gasteiger partial charge in [0.25, 0.3) is 0 Å². The van der Waals surface area contributed by atoms with Gasteiger partial charge in [-0.2, -0.15) is 0 Å². The third-order valence-corrected chi connectivity index (χ3v) is 3.07. The molecule has 0 saturated heterocycles. The Morgan fingerprint density at radius 2 is 1.65 bits per heavy atom. The zero-order chi connectivity index (χ0) is 14.1. The molecule has 3 rings (SSSR count). The smallest absolute Gasteiger partial charge is 0.226 e. The van der Waals surface area contributed by atoms with Crippen molar-refractivity contribution in [3.8, 4) is 34.2 Å². The van der Waals surface area contributed by atoms with Gasteiger partial charge in [0.1, 0.15) is 11.5 Å². The number of rotatable bonds is 2. The first-order valence-electron chi connectivity index (χ1n) is 6.20. The Hall–Kier alpha value is -2.75. The van der Waals surface area contributed by atoms with Crippen LogP contribution in [0.4, 0.5) is 0 Å². The van der Waals surface area contributed by atoms with Gasteiger partial charge in [0.05, 0.1) is 0 Å². The third kappa shape index (κ3) is 2.12. The fourth-order valence-electron chi connectivity index (χ4n) is 2.04. The number of hydrogen-bond donors (Lipinski definition) is 2. The highest BCUT2D eigenvalue weighted by atomic mass is 16.4. The molecule has 4 heteroatoms. The van der Waals surface area contributed by atoms with Crippen LogP contribution in [0.3, 0.4) is 0 Å². The second kappa shape index (κ2) is 4.74. The number of aromatic hydroxyl groups is 2. The van der Waals surface area contributed by atoms with Crippen LogP contribution in [0.15, 0.2) is 52.9 Å². The molecule has 0 saturated carbocycles. The van der Waals surface area contributed by atoms with E-state index in [2.05, 4.69) is 4.98 Å². The zero-order valence-corrected chi connectivity index (χ0v) is 10.9. The first-order valence-corrected chi connectivity index (χ1v) is 6.20. The molecule has 0 aliphatic heterocycles. The molecule has 20 heavy (non-hydrogen) atoms. The van der Waals surface area contributed by atoms with E-state index in [1.165, 1.54) is 12.1 Å². The molecular formula is C16H13NO3. The van der Waals surface area contributed by atoms with Gasteiger partial charge in [-0.25, -0.2) is 4.98 Å². The predicted molar refractivity (Wildman–Crippen MR) is 75.4 cm³/mol. The van der Waals surface area contributed by atoms with E-state index in [0.717, 1.165) is 5.56 Å².